The molecule has 0 spiro atoms. The van der Waals surface area contributed by atoms with E-state index in [0.717, 1.165) is 52.0 Å². The Morgan fingerprint density at radius 1 is 1.07 bits per heavy atom. The zero-order valence-electron chi connectivity index (χ0n) is 16.8. The number of carbonyl (C=O) groups is 1. The van der Waals surface area contributed by atoms with Gasteiger partial charge >= 0.3 is 0 Å². The van der Waals surface area contributed by atoms with Crippen molar-refractivity contribution < 1.29 is 4.79 Å². The summed E-state index contributed by atoms with van der Waals surface area (Å²) in [6.45, 7) is 7.21. The standard InChI is InChI=1S/C22H36N4O/c1-23-12-13-24-22(27)20-8-5-14-26(18-20)21-10-16-25(17-11-21)15-9-19-6-3-2-4-7-19/h2-4,6-7,20-21,23H,5,8-18H2,1H3,(H,24,27)/t20-/m0/s1. The fourth-order valence-electron chi connectivity index (χ4n) is 4.45. The molecule has 1 atom stereocenters. The summed E-state index contributed by atoms with van der Waals surface area (Å²) in [5.74, 6) is 0.418. The smallest absolute Gasteiger partial charge is 0.224 e. The van der Waals surface area contributed by atoms with Crippen LogP contribution in [0.2, 0.25) is 0 Å². The van der Waals surface area contributed by atoms with Gasteiger partial charge in [0.15, 0.2) is 0 Å². The maximum atomic E-state index is 12.4. The molecule has 0 bridgehead atoms. The molecular formula is C22H36N4O. The molecule has 0 radical (unpaired) electrons. The summed E-state index contributed by atoms with van der Waals surface area (Å²) in [6, 6.07) is 11.4. The van der Waals surface area contributed by atoms with E-state index in [-0.39, 0.29) is 11.8 Å². The minimum absolute atomic E-state index is 0.173. The molecular weight excluding hydrogens is 336 g/mol. The van der Waals surface area contributed by atoms with E-state index in [1.807, 2.05) is 7.05 Å². The molecule has 2 heterocycles. The summed E-state index contributed by atoms with van der Waals surface area (Å²) >= 11 is 0. The molecule has 27 heavy (non-hydrogen) atoms. The van der Waals surface area contributed by atoms with Crippen LogP contribution in [0.25, 0.3) is 0 Å². The van der Waals surface area contributed by atoms with E-state index in [4.69, 9.17) is 0 Å². The number of benzene rings is 1. The molecule has 1 aromatic rings. The first-order chi connectivity index (χ1) is 13.3. The molecule has 1 aromatic carbocycles. The van der Waals surface area contributed by atoms with Gasteiger partial charge in [-0.1, -0.05) is 30.3 Å². The maximum absolute atomic E-state index is 12.4. The maximum Gasteiger partial charge on any atom is 0.224 e. The second-order valence-electron chi connectivity index (χ2n) is 8.04. The van der Waals surface area contributed by atoms with Crippen molar-refractivity contribution in [2.45, 2.75) is 38.1 Å². The van der Waals surface area contributed by atoms with Gasteiger partial charge in [0.1, 0.15) is 0 Å². The Morgan fingerprint density at radius 2 is 1.85 bits per heavy atom. The molecule has 0 aromatic heterocycles. The second-order valence-corrected chi connectivity index (χ2v) is 8.04. The van der Waals surface area contributed by atoms with Gasteiger partial charge in [-0.05, 0) is 64.3 Å². The van der Waals surface area contributed by atoms with Crippen LogP contribution >= 0.6 is 0 Å². The van der Waals surface area contributed by atoms with Crippen molar-refractivity contribution in [2.75, 3.05) is 52.9 Å². The first-order valence-electron chi connectivity index (χ1n) is 10.7. The molecule has 1 amide bonds. The third-order valence-electron chi connectivity index (χ3n) is 6.13. The van der Waals surface area contributed by atoms with E-state index >= 15 is 0 Å². The van der Waals surface area contributed by atoms with Crippen molar-refractivity contribution >= 4 is 5.91 Å². The van der Waals surface area contributed by atoms with Crippen LogP contribution in [-0.4, -0.2) is 74.6 Å². The summed E-state index contributed by atoms with van der Waals surface area (Å²) in [7, 11) is 1.92. The zero-order chi connectivity index (χ0) is 18.9. The molecule has 2 saturated heterocycles. The number of likely N-dealkylation sites (N-methyl/N-ethyl adjacent to an activating group) is 1. The van der Waals surface area contributed by atoms with Gasteiger partial charge in [-0.3, -0.25) is 9.69 Å². The van der Waals surface area contributed by atoms with Crippen LogP contribution < -0.4 is 10.6 Å². The molecule has 150 valence electrons. The number of nitrogens with one attached hydrogen (secondary N) is 2. The van der Waals surface area contributed by atoms with Crippen molar-refractivity contribution in [2.24, 2.45) is 5.92 Å². The highest BCUT2D eigenvalue weighted by molar-refractivity contribution is 5.78. The average Bonchev–Trinajstić information content (AvgIpc) is 2.73. The van der Waals surface area contributed by atoms with Crippen molar-refractivity contribution in [3.8, 4) is 0 Å². The number of piperidine rings is 2. The van der Waals surface area contributed by atoms with Gasteiger partial charge in [-0.2, -0.15) is 0 Å². The summed E-state index contributed by atoms with van der Waals surface area (Å²) in [5.41, 5.74) is 1.43. The number of amides is 1. The van der Waals surface area contributed by atoms with Gasteiger partial charge in [0.05, 0.1) is 5.92 Å². The van der Waals surface area contributed by atoms with Gasteiger partial charge in [0.2, 0.25) is 5.91 Å². The lowest BCUT2D eigenvalue weighted by Crippen LogP contribution is -2.51. The largest absolute Gasteiger partial charge is 0.355 e. The topological polar surface area (TPSA) is 47.6 Å². The molecule has 2 fully saturated rings. The van der Waals surface area contributed by atoms with Crippen LogP contribution in [0.15, 0.2) is 30.3 Å². The van der Waals surface area contributed by atoms with E-state index < -0.39 is 0 Å². The summed E-state index contributed by atoms with van der Waals surface area (Å²) in [5, 5.41) is 6.16. The SMILES string of the molecule is CNCCNC(=O)[C@H]1CCCN(C2CCN(CCc3ccccc3)CC2)C1. The number of nitrogens with zero attached hydrogens (tertiary/aromatic N) is 2. The van der Waals surface area contributed by atoms with Crippen molar-refractivity contribution in [3.63, 3.8) is 0 Å². The van der Waals surface area contributed by atoms with Crippen LogP contribution in [0.1, 0.15) is 31.2 Å². The monoisotopic (exact) mass is 372 g/mol. The van der Waals surface area contributed by atoms with E-state index in [2.05, 4.69) is 50.8 Å². The summed E-state index contributed by atoms with van der Waals surface area (Å²) < 4.78 is 0. The van der Waals surface area contributed by atoms with Gasteiger partial charge in [-0.15, -0.1) is 0 Å². The van der Waals surface area contributed by atoms with Gasteiger partial charge in [0, 0.05) is 32.2 Å². The lowest BCUT2D eigenvalue weighted by atomic mass is 9.93. The molecule has 2 N–H and O–H groups in total. The van der Waals surface area contributed by atoms with E-state index in [1.54, 1.807) is 0 Å². The van der Waals surface area contributed by atoms with Crippen molar-refractivity contribution in [1.29, 1.82) is 0 Å². The third kappa shape index (κ3) is 6.30. The molecule has 0 aliphatic carbocycles. The lowest BCUT2D eigenvalue weighted by molar-refractivity contribution is -0.127. The Hall–Kier alpha value is -1.43. The van der Waals surface area contributed by atoms with E-state index in [0.29, 0.717) is 6.04 Å². The Balaban J connectivity index is 1.39. The Kier molecular flexibility index (Phi) is 8.11. The number of carbonyl (C=O) groups excluding carboxylic acids is 1. The summed E-state index contributed by atoms with van der Waals surface area (Å²) in [4.78, 5) is 17.6. The lowest BCUT2D eigenvalue weighted by Gasteiger charge is -2.42. The van der Waals surface area contributed by atoms with Crippen LogP contribution in [0.4, 0.5) is 0 Å². The Bertz CT molecular complexity index is 557. The highest BCUT2D eigenvalue weighted by Gasteiger charge is 2.31. The predicted molar refractivity (Wildman–Crippen MR) is 111 cm³/mol. The Morgan fingerprint density at radius 3 is 2.59 bits per heavy atom. The molecule has 2 aliphatic heterocycles. The third-order valence-corrected chi connectivity index (χ3v) is 6.13. The van der Waals surface area contributed by atoms with Gasteiger partial charge < -0.3 is 15.5 Å². The molecule has 5 nitrogen and oxygen atoms in total. The van der Waals surface area contributed by atoms with Crippen LogP contribution in [0.5, 0.6) is 0 Å². The Labute approximate surface area is 164 Å². The van der Waals surface area contributed by atoms with E-state index in [1.165, 1.54) is 31.5 Å². The molecule has 5 heteroatoms. The first kappa shape index (κ1) is 20.3. The van der Waals surface area contributed by atoms with Gasteiger partial charge in [-0.25, -0.2) is 0 Å². The minimum Gasteiger partial charge on any atom is -0.355 e. The quantitative estimate of drug-likeness (QED) is 0.683. The van der Waals surface area contributed by atoms with Crippen molar-refractivity contribution in [1.82, 2.24) is 20.4 Å². The fraction of sp³-hybridized carbons (Fsp3) is 0.682. The zero-order valence-corrected chi connectivity index (χ0v) is 16.8. The van der Waals surface area contributed by atoms with Crippen LogP contribution in [0.3, 0.4) is 0 Å². The van der Waals surface area contributed by atoms with Crippen LogP contribution in [-0.2, 0) is 11.2 Å². The van der Waals surface area contributed by atoms with Crippen LogP contribution in [0, 0.1) is 5.92 Å². The molecule has 0 unspecified atom stereocenters. The number of likely N-dealkylation sites (tertiary alicyclic amines) is 2. The average molecular weight is 373 g/mol. The second kappa shape index (κ2) is 10.8. The van der Waals surface area contributed by atoms with E-state index in [9.17, 15) is 4.79 Å². The highest BCUT2D eigenvalue weighted by atomic mass is 16.1. The first-order valence-corrected chi connectivity index (χ1v) is 10.7. The number of rotatable bonds is 8. The predicted octanol–water partition coefficient (Wildman–Crippen LogP) is 1.74. The fourth-order valence-corrected chi connectivity index (χ4v) is 4.45. The summed E-state index contributed by atoms with van der Waals surface area (Å²) in [6.07, 6.45) is 5.81. The van der Waals surface area contributed by atoms with Gasteiger partial charge in [0.25, 0.3) is 0 Å². The molecule has 3 rings (SSSR count). The molecule has 2 aliphatic rings. The van der Waals surface area contributed by atoms with Crippen molar-refractivity contribution in [3.05, 3.63) is 35.9 Å². The molecule has 0 saturated carbocycles. The minimum atomic E-state index is 0.173. The number of hydrogen-bond donors (Lipinski definition) is 2. The highest BCUT2D eigenvalue weighted by Crippen LogP contribution is 2.24. The normalized spacial score (nSPS) is 22.6. The number of hydrogen-bond acceptors (Lipinski definition) is 4.